The van der Waals surface area contributed by atoms with Crippen LogP contribution in [0.5, 0.6) is 5.75 Å². The zero-order chi connectivity index (χ0) is 28.1. The van der Waals surface area contributed by atoms with Gasteiger partial charge >= 0.3 is 0 Å². The highest BCUT2D eigenvalue weighted by atomic mass is 35.5. The van der Waals surface area contributed by atoms with Crippen LogP contribution in [0, 0.1) is 0 Å². The number of nitrogens with one attached hydrogen (secondary N) is 3. The van der Waals surface area contributed by atoms with Gasteiger partial charge in [-0.15, -0.1) is 0 Å². The van der Waals surface area contributed by atoms with E-state index >= 15 is 0 Å². The number of sulfonamides is 1. The van der Waals surface area contributed by atoms with Crippen LogP contribution >= 0.6 is 11.6 Å². The Morgan fingerprint density at radius 3 is 2.50 bits per heavy atom. The molecule has 0 saturated heterocycles. The molecule has 3 aromatic carbocycles. The minimum atomic E-state index is -4.19. The van der Waals surface area contributed by atoms with E-state index < -0.39 is 15.9 Å². The van der Waals surface area contributed by atoms with Crippen molar-refractivity contribution >= 4 is 55.9 Å². The minimum absolute atomic E-state index is 0.0420. The van der Waals surface area contributed by atoms with E-state index in [0.717, 1.165) is 0 Å². The second-order valence-corrected chi connectivity index (χ2v) is 10.8. The van der Waals surface area contributed by atoms with Crippen LogP contribution in [-0.4, -0.2) is 45.5 Å². The number of aromatic hydroxyl groups is 1. The van der Waals surface area contributed by atoms with Gasteiger partial charge in [0.15, 0.2) is 11.6 Å². The first-order valence-electron chi connectivity index (χ1n) is 12.2. The second-order valence-electron chi connectivity index (χ2n) is 8.74. The number of carbonyl (C=O) groups excluding carboxylic acids is 1. The number of benzene rings is 3. The third-order valence-corrected chi connectivity index (χ3v) is 7.52. The lowest BCUT2D eigenvalue weighted by Gasteiger charge is -2.15. The highest BCUT2D eigenvalue weighted by Crippen LogP contribution is 2.32. The number of carbonyl (C=O) groups is 1. The molecule has 0 spiro atoms. The lowest BCUT2D eigenvalue weighted by molar-refractivity contribution is 0.0952. The first kappa shape index (κ1) is 26.9. The molecule has 1 amide bonds. The topological polar surface area (TPSA) is 151 Å². The van der Waals surface area contributed by atoms with Gasteiger partial charge in [0, 0.05) is 37.1 Å². The van der Waals surface area contributed by atoms with Crippen molar-refractivity contribution in [2.75, 3.05) is 16.6 Å². The lowest BCUT2D eigenvalue weighted by atomic mass is 10.2. The number of imidazole rings is 1. The molecule has 0 bridgehead atoms. The summed E-state index contributed by atoms with van der Waals surface area (Å²) in [4.78, 5) is 25.5. The Labute approximate surface area is 234 Å². The molecule has 0 aliphatic rings. The number of halogens is 1. The van der Waals surface area contributed by atoms with Crippen LogP contribution in [0.4, 0.5) is 17.3 Å². The smallest absolute Gasteiger partial charge is 0.263 e. The number of hydrogen-bond donors (Lipinski definition) is 4. The third-order valence-electron chi connectivity index (χ3n) is 5.85. The highest BCUT2D eigenvalue weighted by Gasteiger charge is 2.21. The Morgan fingerprint density at radius 2 is 1.75 bits per heavy atom. The van der Waals surface area contributed by atoms with Gasteiger partial charge in [0.2, 0.25) is 0 Å². The van der Waals surface area contributed by atoms with Crippen LogP contribution in [0.2, 0.25) is 5.02 Å². The number of nitrogens with zero attached hydrogens (tertiary/aromatic N) is 4. The number of amides is 1. The zero-order valence-corrected chi connectivity index (χ0v) is 22.5. The molecule has 0 unspecified atom stereocenters. The molecule has 4 N–H and O–H groups in total. The number of rotatable bonds is 10. The molecule has 204 valence electrons. The number of para-hydroxylation sites is 2. The first-order valence-corrected chi connectivity index (χ1v) is 14.0. The van der Waals surface area contributed by atoms with E-state index in [1.54, 1.807) is 36.8 Å². The van der Waals surface area contributed by atoms with Crippen LogP contribution in [0.3, 0.4) is 0 Å². The molecule has 2 aromatic heterocycles. The van der Waals surface area contributed by atoms with Crippen molar-refractivity contribution in [3.05, 3.63) is 96.0 Å². The molecule has 11 nitrogen and oxygen atoms in total. The van der Waals surface area contributed by atoms with Gasteiger partial charge < -0.3 is 20.3 Å². The molecule has 0 saturated carbocycles. The van der Waals surface area contributed by atoms with E-state index in [4.69, 9.17) is 11.6 Å². The molecule has 2 heterocycles. The van der Waals surface area contributed by atoms with Crippen LogP contribution in [0.25, 0.3) is 11.0 Å². The molecule has 5 aromatic rings. The Hall–Kier alpha value is -4.68. The average Bonchev–Trinajstić information content (AvgIpc) is 3.47. The number of phenols is 1. The predicted molar refractivity (Wildman–Crippen MR) is 152 cm³/mol. The van der Waals surface area contributed by atoms with Crippen molar-refractivity contribution in [1.82, 2.24) is 24.8 Å². The average molecular weight is 578 g/mol. The summed E-state index contributed by atoms with van der Waals surface area (Å²) in [5.41, 5.74) is 1.46. The van der Waals surface area contributed by atoms with Crippen molar-refractivity contribution in [3.8, 4) is 5.75 Å². The van der Waals surface area contributed by atoms with Crippen molar-refractivity contribution in [2.24, 2.45) is 0 Å². The monoisotopic (exact) mass is 577 g/mol. The number of phenolic OH excluding ortho intramolecular Hbond substituents is 1. The van der Waals surface area contributed by atoms with E-state index in [-0.39, 0.29) is 32.9 Å². The van der Waals surface area contributed by atoms with Gasteiger partial charge in [-0.05, 0) is 48.9 Å². The van der Waals surface area contributed by atoms with E-state index in [0.29, 0.717) is 36.2 Å². The summed E-state index contributed by atoms with van der Waals surface area (Å²) in [5.74, 6) is -0.456. The second kappa shape index (κ2) is 11.6. The van der Waals surface area contributed by atoms with E-state index in [9.17, 15) is 18.3 Å². The number of anilines is 3. The largest absolute Gasteiger partial charge is 0.508 e. The quantitative estimate of drug-likeness (QED) is 0.176. The Morgan fingerprint density at radius 1 is 0.975 bits per heavy atom. The zero-order valence-electron chi connectivity index (χ0n) is 21.0. The fraction of sp³-hybridized carbons (Fsp3) is 0.111. The maximum Gasteiger partial charge on any atom is 0.263 e. The summed E-state index contributed by atoms with van der Waals surface area (Å²) < 4.78 is 31.2. The van der Waals surface area contributed by atoms with Crippen LogP contribution in [0.15, 0.2) is 90.3 Å². The molecule has 0 aliphatic carbocycles. The van der Waals surface area contributed by atoms with Crippen LogP contribution in [0.1, 0.15) is 16.8 Å². The highest BCUT2D eigenvalue weighted by molar-refractivity contribution is 7.92. The lowest BCUT2D eigenvalue weighted by Crippen LogP contribution is -2.25. The predicted octanol–water partition coefficient (Wildman–Crippen LogP) is 4.55. The van der Waals surface area contributed by atoms with Gasteiger partial charge in [-0.2, -0.15) is 0 Å². The summed E-state index contributed by atoms with van der Waals surface area (Å²) in [6, 6.07) is 17.0. The molecule has 5 rings (SSSR count). The molecule has 0 radical (unpaired) electrons. The van der Waals surface area contributed by atoms with Crippen molar-refractivity contribution in [2.45, 2.75) is 17.9 Å². The van der Waals surface area contributed by atoms with E-state index in [2.05, 4.69) is 30.3 Å². The SMILES string of the molecule is O=C(NCCCn1ccnc1)c1cccc(S(=O)(=O)Nc2nc3ccccc3nc2Nc2cc(O)ccc2Cl)c1. The Bertz CT molecular complexity index is 1780. The summed E-state index contributed by atoms with van der Waals surface area (Å²) in [6.45, 7) is 1.10. The van der Waals surface area contributed by atoms with Gasteiger partial charge in [0.25, 0.3) is 15.9 Å². The summed E-state index contributed by atoms with van der Waals surface area (Å²) in [5, 5.41) is 15.9. The van der Waals surface area contributed by atoms with Gasteiger partial charge in [-0.25, -0.2) is 23.4 Å². The van der Waals surface area contributed by atoms with Crippen molar-refractivity contribution < 1.29 is 18.3 Å². The van der Waals surface area contributed by atoms with E-state index in [1.165, 1.54) is 42.5 Å². The summed E-state index contributed by atoms with van der Waals surface area (Å²) >= 11 is 6.26. The molecule has 40 heavy (non-hydrogen) atoms. The Balaban J connectivity index is 1.38. The van der Waals surface area contributed by atoms with E-state index in [1.807, 2.05) is 10.8 Å². The number of hydrogen-bond acceptors (Lipinski definition) is 8. The Kier molecular flexibility index (Phi) is 7.80. The van der Waals surface area contributed by atoms with Gasteiger partial charge in [-0.3, -0.25) is 9.52 Å². The molecule has 0 aliphatic heterocycles. The van der Waals surface area contributed by atoms with Crippen LogP contribution < -0.4 is 15.4 Å². The summed E-state index contributed by atoms with van der Waals surface area (Å²) in [7, 11) is -4.19. The summed E-state index contributed by atoms with van der Waals surface area (Å²) in [6.07, 6.45) is 5.90. The van der Waals surface area contributed by atoms with Crippen molar-refractivity contribution in [3.63, 3.8) is 0 Å². The van der Waals surface area contributed by atoms with Gasteiger partial charge in [-0.1, -0.05) is 29.8 Å². The molecule has 0 atom stereocenters. The fourth-order valence-corrected chi connectivity index (χ4v) is 5.09. The number of aromatic nitrogens is 4. The standard InChI is InChI=1S/C27H24ClN7O4S/c28-21-10-9-19(36)16-24(21)33-25-26(32-23-8-2-1-7-22(23)31-25)34-40(38,39)20-6-3-5-18(15-20)27(37)30-11-4-13-35-14-12-29-17-35/h1-3,5-10,12,14-17,36H,4,11,13H2,(H,30,37)(H,31,33)(H,32,34). The normalized spacial score (nSPS) is 11.3. The number of aryl methyl sites for hydroxylation is 1. The molecule has 0 fully saturated rings. The minimum Gasteiger partial charge on any atom is -0.508 e. The van der Waals surface area contributed by atoms with Crippen LogP contribution in [-0.2, 0) is 16.6 Å². The maximum atomic E-state index is 13.4. The third kappa shape index (κ3) is 6.30. The fourth-order valence-electron chi connectivity index (χ4n) is 3.87. The molecular weight excluding hydrogens is 554 g/mol. The first-order chi connectivity index (χ1) is 19.3. The van der Waals surface area contributed by atoms with Gasteiger partial charge in [0.1, 0.15) is 5.75 Å². The molecule has 13 heteroatoms. The maximum absolute atomic E-state index is 13.4. The molecular formula is C27H24ClN7O4S. The van der Waals surface area contributed by atoms with Gasteiger partial charge in [0.05, 0.1) is 33.0 Å². The number of fused-ring (bicyclic) bond motifs is 1. The van der Waals surface area contributed by atoms with Crippen molar-refractivity contribution in [1.29, 1.82) is 0 Å².